The zero-order valence-electron chi connectivity index (χ0n) is 13.3. The molecule has 0 aromatic heterocycles. The Morgan fingerprint density at radius 3 is 2.26 bits per heavy atom. The molecule has 0 saturated carbocycles. The minimum Gasteiger partial charge on any atom is -0.396 e. The highest BCUT2D eigenvalue weighted by molar-refractivity contribution is 6.71. The van der Waals surface area contributed by atoms with Gasteiger partial charge in [-0.1, -0.05) is 13.3 Å². The summed E-state index contributed by atoms with van der Waals surface area (Å²) in [7, 11) is 2.89. The lowest BCUT2D eigenvalue weighted by Crippen LogP contribution is -2.71. The van der Waals surface area contributed by atoms with Crippen molar-refractivity contribution in [3.63, 3.8) is 0 Å². The van der Waals surface area contributed by atoms with Crippen molar-refractivity contribution in [2.75, 3.05) is 21.3 Å². The molecule has 1 rings (SSSR count). The van der Waals surface area contributed by atoms with Gasteiger partial charge in [-0.25, -0.2) is 0 Å². The molecule has 5 heteroatoms. The molecule has 0 aromatic rings. The maximum atomic E-state index is 6.16. The predicted octanol–water partition coefficient (Wildman–Crippen LogP) is 3.03. The van der Waals surface area contributed by atoms with E-state index in [9.17, 15) is 0 Å². The van der Waals surface area contributed by atoms with Crippen molar-refractivity contribution in [1.29, 1.82) is 0 Å². The Labute approximate surface area is 119 Å². The topological polar surface area (TPSA) is 36.9 Å². The predicted molar refractivity (Wildman–Crippen MR) is 78.5 cm³/mol. The van der Waals surface area contributed by atoms with Crippen LogP contribution in [0.5, 0.6) is 0 Å². The second-order valence-electron chi connectivity index (χ2n) is 5.57. The van der Waals surface area contributed by atoms with E-state index in [0.717, 1.165) is 31.7 Å². The number of hydrogen-bond acceptors (Lipinski definition) is 4. The summed E-state index contributed by atoms with van der Waals surface area (Å²) < 4.78 is 24.0. The highest BCUT2D eigenvalue weighted by Crippen LogP contribution is 2.44. The van der Waals surface area contributed by atoms with Crippen LogP contribution in [0.1, 0.15) is 46.5 Å². The van der Waals surface area contributed by atoms with Crippen LogP contribution in [-0.4, -0.2) is 47.3 Å². The summed E-state index contributed by atoms with van der Waals surface area (Å²) in [6, 6.07) is 0.978. The van der Waals surface area contributed by atoms with Crippen molar-refractivity contribution in [1.82, 2.24) is 0 Å². The summed E-state index contributed by atoms with van der Waals surface area (Å²) in [5, 5.41) is -0.395. The average molecular weight is 290 g/mol. The Morgan fingerprint density at radius 2 is 1.84 bits per heavy atom. The Morgan fingerprint density at radius 1 is 1.21 bits per heavy atom. The smallest absolute Gasteiger partial charge is 0.373 e. The minimum absolute atomic E-state index is 0.0674. The Bertz CT molecular complexity index is 268. The monoisotopic (exact) mass is 290 g/mol. The molecule has 0 N–H and O–H groups in total. The lowest BCUT2D eigenvalue weighted by atomic mass is 10.0. The maximum Gasteiger partial charge on any atom is 0.373 e. The van der Waals surface area contributed by atoms with E-state index in [1.807, 2.05) is 0 Å². The van der Waals surface area contributed by atoms with Crippen molar-refractivity contribution in [2.45, 2.75) is 69.9 Å². The normalized spacial score (nSPS) is 30.8. The summed E-state index contributed by atoms with van der Waals surface area (Å²) in [5.74, 6) is 0. The number of hydrogen-bond donors (Lipinski definition) is 0. The van der Waals surface area contributed by atoms with Gasteiger partial charge in [0.2, 0.25) is 0 Å². The van der Waals surface area contributed by atoms with Crippen LogP contribution in [0.15, 0.2) is 0 Å². The summed E-state index contributed by atoms with van der Waals surface area (Å²) in [5.41, 5.74) is 0. The first-order valence-electron chi connectivity index (χ1n) is 7.32. The van der Waals surface area contributed by atoms with Crippen LogP contribution in [0, 0.1) is 0 Å². The number of methoxy groups -OCH3 is 1. The van der Waals surface area contributed by atoms with Gasteiger partial charge in [-0.3, -0.25) is 0 Å². The molecule has 19 heavy (non-hydrogen) atoms. The van der Waals surface area contributed by atoms with E-state index >= 15 is 0 Å². The summed E-state index contributed by atoms with van der Waals surface area (Å²) in [4.78, 5) is 0. The van der Waals surface area contributed by atoms with Gasteiger partial charge in [-0.05, 0) is 39.2 Å². The first-order valence-corrected chi connectivity index (χ1v) is 9.35. The molecule has 2 unspecified atom stereocenters. The second-order valence-corrected chi connectivity index (χ2v) is 9.24. The van der Waals surface area contributed by atoms with Crippen LogP contribution in [0.3, 0.4) is 0 Å². The van der Waals surface area contributed by atoms with Crippen LogP contribution >= 0.6 is 0 Å². The minimum atomic E-state index is -2.41. The fraction of sp³-hybridized carbons (Fsp3) is 1.00. The molecule has 0 aliphatic carbocycles. The molecule has 0 amide bonds. The summed E-state index contributed by atoms with van der Waals surface area (Å²) in [6.45, 7) is 6.32. The molecule has 4 nitrogen and oxygen atoms in total. The van der Waals surface area contributed by atoms with Crippen molar-refractivity contribution < 1.29 is 18.3 Å². The van der Waals surface area contributed by atoms with Gasteiger partial charge in [0.05, 0.1) is 12.2 Å². The Balaban J connectivity index is 3.15. The molecule has 1 fully saturated rings. The lowest BCUT2D eigenvalue weighted by molar-refractivity contribution is -0.138. The molecule has 1 heterocycles. The number of ether oxygens (including phenoxy) is 2. The van der Waals surface area contributed by atoms with Gasteiger partial charge >= 0.3 is 8.56 Å². The highest BCUT2D eigenvalue weighted by atomic mass is 28.4. The maximum absolute atomic E-state index is 6.16. The second kappa shape index (κ2) is 7.18. The third kappa shape index (κ3) is 3.05. The van der Waals surface area contributed by atoms with E-state index in [-0.39, 0.29) is 12.2 Å². The Hall–Kier alpha value is 0.0569. The number of rotatable bonds is 7. The zero-order valence-corrected chi connectivity index (χ0v) is 14.3. The van der Waals surface area contributed by atoms with Gasteiger partial charge in [-0.15, -0.1) is 0 Å². The van der Waals surface area contributed by atoms with E-state index < -0.39 is 13.8 Å². The van der Waals surface area contributed by atoms with E-state index in [1.54, 1.807) is 21.3 Å². The molecule has 0 radical (unpaired) electrons. The first-order chi connectivity index (χ1) is 9.01. The lowest BCUT2D eigenvalue weighted by Gasteiger charge is -2.52. The third-order valence-corrected chi connectivity index (χ3v) is 8.61. The molecule has 0 spiro atoms. The molecule has 1 saturated heterocycles. The van der Waals surface area contributed by atoms with Gasteiger partial charge in [-0.2, -0.15) is 0 Å². The summed E-state index contributed by atoms with van der Waals surface area (Å²) >= 11 is 0. The highest BCUT2D eigenvalue weighted by Gasteiger charge is 2.63. The van der Waals surface area contributed by atoms with Crippen LogP contribution < -0.4 is 0 Å². The fourth-order valence-corrected chi connectivity index (χ4v) is 7.47. The van der Waals surface area contributed by atoms with E-state index in [0.29, 0.717) is 0 Å². The fourth-order valence-electron chi connectivity index (χ4n) is 3.46. The first kappa shape index (κ1) is 17.1. The molecular weight excluding hydrogens is 260 g/mol. The van der Waals surface area contributed by atoms with Crippen molar-refractivity contribution in [3.05, 3.63) is 0 Å². The van der Waals surface area contributed by atoms with Crippen LogP contribution in [0.4, 0.5) is 0 Å². The van der Waals surface area contributed by atoms with Gasteiger partial charge in [0.1, 0.15) is 5.22 Å². The average Bonchev–Trinajstić information content (AvgIpc) is 2.40. The SMILES string of the molecule is CCCC1(OC)C(OC(C)C)CCC[Si]1(OC)OC. The van der Waals surface area contributed by atoms with Crippen LogP contribution in [0.25, 0.3) is 0 Å². The van der Waals surface area contributed by atoms with E-state index in [4.69, 9.17) is 18.3 Å². The van der Waals surface area contributed by atoms with Gasteiger partial charge in [0.25, 0.3) is 0 Å². The molecule has 114 valence electrons. The van der Waals surface area contributed by atoms with E-state index in [1.165, 1.54) is 0 Å². The largest absolute Gasteiger partial charge is 0.396 e. The molecule has 1 aliphatic heterocycles. The van der Waals surface area contributed by atoms with Crippen molar-refractivity contribution in [2.24, 2.45) is 0 Å². The molecular formula is C14H30O4Si. The summed E-state index contributed by atoms with van der Waals surface area (Å²) in [6.07, 6.45) is 4.32. The van der Waals surface area contributed by atoms with Gasteiger partial charge in [0.15, 0.2) is 0 Å². The van der Waals surface area contributed by atoms with E-state index in [2.05, 4.69) is 20.8 Å². The van der Waals surface area contributed by atoms with Crippen molar-refractivity contribution >= 4 is 8.56 Å². The molecule has 2 atom stereocenters. The molecule has 0 bridgehead atoms. The Kier molecular flexibility index (Phi) is 6.46. The molecule has 0 aromatic carbocycles. The van der Waals surface area contributed by atoms with Gasteiger partial charge in [0, 0.05) is 21.3 Å². The quantitative estimate of drug-likeness (QED) is 0.675. The van der Waals surface area contributed by atoms with Gasteiger partial charge < -0.3 is 18.3 Å². The third-order valence-electron chi connectivity index (χ3n) is 4.22. The van der Waals surface area contributed by atoms with Crippen LogP contribution in [0.2, 0.25) is 6.04 Å². The van der Waals surface area contributed by atoms with Crippen LogP contribution in [-0.2, 0) is 18.3 Å². The molecule has 1 aliphatic rings. The zero-order chi connectivity index (χ0) is 14.5. The standard InChI is InChI=1S/C14H30O4Si/c1-7-10-14(15-4)13(18-12(2)3)9-8-11-19(14,16-5)17-6/h12-13H,7-11H2,1-6H3. The van der Waals surface area contributed by atoms with Crippen molar-refractivity contribution in [3.8, 4) is 0 Å².